The van der Waals surface area contributed by atoms with Gasteiger partial charge in [-0.15, -0.1) is 0 Å². The molecule has 0 heterocycles. The van der Waals surface area contributed by atoms with E-state index in [2.05, 4.69) is 6.07 Å². The SMILES string of the molecule is CCC(/C=C/[C@](O)(c1ccccc1)C1(C#N)CC1)=C\C(N)=O. The second kappa shape index (κ2) is 6.17. The Morgan fingerprint density at radius 3 is 2.55 bits per heavy atom. The lowest BCUT2D eigenvalue weighted by Crippen LogP contribution is -2.34. The molecule has 0 bridgehead atoms. The van der Waals surface area contributed by atoms with E-state index in [0.717, 1.165) is 5.57 Å². The molecule has 22 heavy (non-hydrogen) atoms. The van der Waals surface area contributed by atoms with Crippen LogP contribution in [0.15, 0.2) is 54.1 Å². The molecule has 1 aromatic rings. The molecule has 0 unspecified atom stereocenters. The van der Waals surface area contributed by atoms with Gasteiger partial charge in [0.2, 0.25) is 5.91 Å². The number of carbonyl (C=O) groups is 1. The summed E-state index contributed by atoms with van der Waals surface area (Å²) in [6.45, 7) is 1.90. The zero-order valence-corrected chi connectivity index (χ0v) is 12.6. The topological polar surface area (TPSA) is 87.1 Å². The largest absolute Gasteiger partial charge is 0.379 e. The van der Waals surface area contributed by atoms with Crippen molar-refractivity contribution in [2.45, 2.75) is 31.8 Å². The molecule has 1 aliphatic carbocycles. The Balaban J connectivity index is 2.44. The van der Waals surface area contributed by atoms with Crippen molar-refractivity contribution in [2.75, 3.05) is 0 Å². The summed E-state index contributed by atoms with van der Waals surface area (Å²) < 4.78 is 0. The predicted molar refractivity (Wildman–Crippen MR) is 84.3 cm³/mol. The second-order valence-corrected chi connectivity index (χ2v) is 5.63. The first-order chi connectivity index (χ1) is 10.5. The van der Waals surface area contributed by atoms with E-state index in [1.807, 2.05) is 37.3 Å². The number of benzene rings is 1. The highest BCUT2D eigenvalue weighted by Gasteiger charge is 2.59. The maximum absolute atomic E-state index is 11.2. The summed E-state index contributed by atoms with van der Waals surface area (Å²) >= 11 is 0. The van der Waals surface area contributed by atoms with E-state index in [-0.39, 0.29) is 0 Å². The van der Waals surface area contributed by atoms with Crippen LogP contribution in [0.4, 0.5) is 0 Å². The van der Waals surface area contributed by atoms with Crippen molar-refractivity contribution in [3.05, 3.63) is 59.7 Å². The minimum absolute atomic E-state index is 0.522. The maximum Gasteiger partial charge on any atom is 0.241 e. The quantitative estimate of drug-likeness (QED) is 0.624. The fourth-order valence-electron chi connectivity index (χ4n) is 2.61. The lowest BCUT2D eigenvalue weighted by molar-refractivity contribution is -0.113. The Hall–Kier alpha value is -2.38. The van der Waals surface area contributed by atoms with Crippen molar-refractivity contribution in [3.8, 4) is 6.07 Å². The van der Waals surface area contributed by atoms with Gasteiger partial charge in [0.1, 0.15) is 5.60 Å². The number of hydrogen-bond acceptors (Lipinski definition) is 3. The number of rotatable bonds is 6. The van der Waals surface area contributed by atoms with Crippen LogP contribution in [-0.2, 0) is 10.4 Å². The molecule has 0 aliphatic heterocycles. The first kappa shape index (κ1) is 16.0. The van der Waals surface area contributed by atoms with Crippen molar-refractivity contribution in [2.24, 2.45) is 11.1 Å². The van der Waals surface area contributed by atoms with Gasteiger partial charge in [0, 0.05) is 6.08 Å². The van der Waals surface area contributed by atoms with Crippen LogP contribution in [-0.4, -0.2) is 11.0 Å². The average molecular weight is 296 g/mol. The number of nitrogens with two attached hydrogens (primary N) is 1. The van der Waals surface area contributed by atoms with Gasteiger partial charge in [-0.1, -0.05) is 43.3 Å². The Morgan fingerprint density at radius 2 is 2.09 bits per heavy atom. The van der Waals surface area contributed by atoms with E-state index in [1.54, 1.807) is 12.2 Å². The predicted octanol–water partition coefficient (Wildman–Crippen LogP) is 2.56. The van der Waals surface area contributed by atoms with E-state index in [9.17, 15) is 15.2 Å². The standard InChI is InChI=1S/C18H20N2O2/c1-2-14(12-16(20)21)8-9-18(22,17(13-19)10-11-17)15-6-4-3-5-7-15/h3-9,12,22H,2,10-11H2,1H3,(H2,20,21)/b9-8+,14-12+/t18-/m0/s1. The zero-order chi connectivity index (χ0) is 16.2. The van der Waals surface area contributed by atoms with Gasteiger partial charge in [-0.2, -0.15) is 5.26 Å². The Morgan fingerprint density at radius 1 is 1.45 bits per heavy atom. The molecule has 4 nitrogen and oxygen atoms in total. The van der Waals surface area contributed by atoms with Crippen molar-refractivity contribution >= 4 is 5.91 Å². The molecule has 1 saturated carbocycles. The molecule has 1 amide bonds. The highest BCUT2D eigenvalue weighted by molar-refractivity contribution is 5.87. The summed E-state index contributed by atoms with van der Waals surface area (Å²) in [6.07, 6.45) is 6.57. The van der Waals surface area contributed by atoms with Crippen molar-refractivity contribution in [1.82, 2.24) is 0 Å². The smallest absolute Gasteiger partial charge is 0.241 e. The molecule has 2 rings (SSSR count). The maximum atomic E-state index is 11.2. The molecule has 3 N–H and O–H groups in total. The lowest BCUT2D eigenvalue weighted by Gasteiger charge is -2.30. The van der Waals surface area contributed by atoms with E-state index in [0.29, 0.717) is 24.8 Å². The minimum atomic E-state index is -1.37. The zero-order valence-electron chi connectivity index (χ0n) is 12.6. The molecule has 4 heteroatoms. The van der Waals surface area contributed by atoms with E-state index < -0.39 is 16.9 Å². The number of allylic oxidation sites excluding steroid dienone is 2. The number of aliphatic hydroxyl groups is 1. The van der Waals surface area contributed by atoms with Crippen LogP contribution in [0.25, 0.3) is 0 Å². The molecule has 0 spiro atoms. The van der Waals surface area contributed by atoms with E-state index in [1.165, 1.54) is 6.08 Å². The molecular formula is C18H20N2O2. The Kier molecular flexibility index (Phi) is 4.48. The molecule has 0 saturated heterocycles. The van der Waals surface area contributed by atoms with Gasteiger partial charge in [-0.25, -0.2) is 0 Å². The van der Waals surface area contributed by atoms with Gasteiger partial charge in [0.25, 0.3) is 0 Å². The molecule has 1 fully saturated rings. The number of primary amides is 1. The van der Waals surface area contributed by atoms with Crippen LogP contribution >= 0.6 is 0 Å². The molecular weight excluding hydrogens is 276 g/mol. The van der Waals surface area contributed by atoms with E-state index in [4.69, 9.17) is 5.73 Å². The summed E-state index contributed by atoms with van der Waals surface area (Å²) in [5, 5.41) is 20.7. The van der Waals surface area contributed by atoms with Crippen LogP contribution in [0.3, 0.4) is 0 Å². The normalized spacial score (nSPS) is 19.4. The van der Waals surface area contributed by atoms with Crippen LogP contribution in [0.1, 0.15) is 31.7 Å². The van der Waals surface area contributed by atoms with Crippen LogP contribution in [0, 0.1) is 16.7 Å². The third-order valence-corrected chi connectivity index (χ3v) is 4.18. The molecule has 1 aromatic carbocycles. The van der Waals surface area contributed by atoms with Gasteiger partial charge >= 0.3 is 0 Å². The summed E-state index contributed by atoms with van der Waals surface area (Å²) in [5.74, 6) is -0.522. The van der Waals surface area contributed by atoms with Crippen LogP contribution in [0.5, 0.6) is 0 Å². The molecule has 114 valence electrons. The third kappa shape index (κ3) is 2.95. The number of amides is 1. The number of hydrogen-bond donors (Lipinski definition) is 2. The monoisotopic (exact) mass is 296 g/mol. The molecule has 0 aromatic heterocycles. The molecule has 1 atom stereocenters. The highest BCUT2D eigenvalue weighted by Crippen LogP contribution is 2.58. The third-order valence-electron chi connectivity index (χ3n) is 4.18. The number of nitrogens with zero attached hydrogens (tertiary/aromatic N) is 1. The van der Waals surface area contributed by atoms with Crippen LogP contribution < -0.4 is 5.73 Å². The Labute approximate surface area is 130 Å². The average Bonchev–Trinajstić information content (AvgIpc) is 3.33. The highest BCUT2D eigenvalue weighted by atomic mass is 16.3. The lowest BCUT2D eigenvalue weighted by atomic mass is 9.78. The van der Waals surface area contributed by atoms with Gasteiger partial charge in [0.15, 0.2) is 0 Å². The van der Waals surface area contributed by atoms with Crippen LogP contribution in [0.2, 0.25) is 0 Å². The first-order valence-electron chi connectivity index (χ1n) is 7.36. The van der Waals surface area contributed by atoms with Crippen molar-refractivity contribution in [3.63, 3.8) is 0 Å². The second-order valence-electron chi connectivity index (χ2n) is 5.63. The fraction of sp³-hybridized carbons (Fsp3) is 0.333. The van der Waals surface area contributed by atoms with Crippen molar-refractivity contribution < 1.29 is 9.90 Å². The van der Waals surface area contributed by atoms with Gasteiger partial charge in [-0.05, 0) is 36.5 Å². The Bertz CT molecular complexity index is 651. The first-order valence-corrected chi connectivity index (χ1v) is 7.36. The van der Waals surface area contributed by atoms with E-state index >= 15 is 0 Å². The fourth-order valence-corrected chi connectivity index (χ4v) is 2.61. The summed E-state index contributed by atoms with van der Waals surface area (Å²) in [7, 11) is 0. The van der Waals surface area contributed by atoms with Gasteiger partial charge in [-0.3, -0.25) is 4.79 Å². The molecule has 0 radical (unpaired) electrons. The minimum Gasteiger partial charge on any atom is -0.379 e. The summed E-state index contributed by atoms with van der Waals surface area (Å²) in [4.78, 5) is 11.0. The number of carbonyl (C=O) groups excluding carboxylic acids is 1. The van der Waals surface area contributed by atoms with Gasteiger partial charge < -0.3 is 10.8 Å². The van der Waals surface area contributed by atoms with Gasteiger partial charge in [0.05, 0.1) is 11.5 Å². The number of nitriles is 1. The van der Waals surface area contributed by atoms with Crippen molar-refractivity contribution in [1.29, 1.82) is 5.26 Å². The summed E-state index contributed by atoms with van der Waals surface area (Å²) in [5.41, 5.74) is 4.42. The summed E-state index contributed by atoms with van der Waals surface area (Å²) in [6, 6.07) is 11.4. The molecule has 1 aliphatic rings.